The van der Waals surface area contributed by atoms with E-state index in [2.05, 4.69) is 5.32 Å². The van der Waals surface area contributed by atoms with Crippen LogP contribution >= 0.6 is 11.6 Å². The summed E-state index contributed by atoms with van der Waals surface area (Å²) in [6.45, 7) is 5.82. The first-order valence-electron chi connectivity index (χ1n) is 7.30. The number of benzene rings is 2. The van der Waals surface area contributed by atoms with Gasteiger partial charge in [0.05, 0.1) is 0 Å². The van der Waals surface area contributed by atoms with Crippen molar-refractivity contribution in [3.8, 4) is 5.75 Å². The van der Waals surface area contributed by atoms with Gasteiger partial charge in [0.25, 0.3) is 5.91 Å². The van der Waals surface area contributed by atoms with Gasteiger partial charge in [-0.2, -0.15) is 0 Å². The summed E-state index contributed by atoms with van der Waals surface area (Å²) in [7, 11) is 0. The van der Waals surface area contributed by atoms with E-state index in [-0.39, 0.29) is 5.91 Å². The number of ether oxygens (including phenoxy) is 1. The maximum atomic E-state index is 12.4. The zero-order valence-corrected chi connectivity index (χ0v) is 13.8. The van der Waals surface area contributed by atoms with Crippen molar-refractivity contribution in [3.05, 3.63) is 58.6 Å². The highest BCUT2D eigenvalue weighted by Gasteiger charge is 2.19. The van der Waals surface area contributed by atoms with Gasteiger partial charge in [0.2, 0.25) is 0 Å². The number of carbonyl (C=O) groups excluding carboxylic acids is 1. The third kappa shape index (κ3) is 4.25. The van der Waals surface area contributed by atoms with Gasteiger partial charge in [-0.25, -0.2) is 0 Å². The molecule has 22 heavy (non-hydrogen) atoms. The molecule has 0 aliphatic heterocycles. The molecule has 4 heteroatoms. The molecule has 1 atom stereocenters. The summed E-state index contributed by atoms with van der Waals surface area (Å²) in [5.74, 6) is 0.546. The minimum absolute atomic E-state index is 0.158. The molecule has 0 aliphatic rings. The monoisotopic (exact) mass is 317 g/mol. The lowest BCUT2D eigenvalue weighted by Gasteiger charge is -2.18. The Kier molecular flexibility index (Phi) is 5.45. The van der Waals surface area contributed by atoms with Crippen molar-refractivity contribution in [2.75, 3.05) is 5.32 Å². The van der Waals surface area contributed by atoms with Crippen LogP contribution in [0.4, 0.5) is 5.69 Å². The Bertz CT molecular complexity index is 670. The van der Waals surface area contributed by atoms with Crippen LogP contribution < -0.4 is 10.1 Å². The van der Waals surface area contributed by atoms with Gasteiger partial charge >= 0.3 is 0 Å². The maximum absolute atomic E-state index is 12.4. The summed E-state index contributed by atoms with van der Waals surface area (Å²) in [6.07, 6.45) is 0.0590. The van der Waals surface area contributed by atoms with Gasteiger partial charge < -0.3 is 10.1 Å². The van der Waals surface area contributed by atoms with Crippen LogP contribution in [0.5, 0.6) is 5.75 Å². The Morgan fingerprint density at radius 3 is 2.64 bits per heavy atom. The smallest absolute Gasteiger partial charge is 0.265 e. The summed E-state index contributed by atoms with van der Waals surface area (Å²) in [5.41, 5.74) is 2.77. The first-order chi connectivity index (χ1) is 10.5. The molecular weight excluding hydrogens is 298 g/mol. The minimum Gasteiger partial charge on any atom is -0.481 e. The Hall–Kier alpha value is -2.00. The van der Waals surface area contributed by atoms with Crippen molar-refractivity contribution < 1.29 is 9.53 Å². The lowest BCUT2D eigenvalue weighted by Crippen LogP contribution is -2.32. The SMILES string of the molecule is CCC(Oc1cccc(C)c1)C(=O)Nc1ccc(Cl)cc1C. The Morgan fingerprint density at radius 2 is 2.00 bits per heavy atom. The summed E-state index contributed by atoms with van der Waals surface area (Å²) < 4.78 is 5.80. The number of nitrogens with one attached hydrogen (secondary N) is 1. The van der Waals surface area contributed by atoms with E-state index in [1.165, 1.54) is 0 Å². The third-order valence-electron chi connectivity index (χ3n) is 3.38. The van der Waals surface area contributed by atoms with E-state index < -0.39 is 6.10 Å². The molecule has 116 valence electrons. The lowest BCUT2D eigenvalue weighted by molar-refractivity contribution is -0.122. The molecule has 2 aromatic rings. The largest absolute Gasteiger partial charge is 0.481 e. The quantitative estimate of drug-likeness (QED) is 0.864. The Balaban J connectivity index is 2.08. The lowest BCUT2D eigenvalue weighted by atomic mass is 10.2. The van der Waals surface area contributed by atoms with Crippen LogP contribution in [0.1, 0.15) is 24.5 Å². The zero-order chi connectivity index (χ0) is 16.1. The molecule has 0 saturated heterocycles. The van der Waals surface area contributed by atoms with Crippen LogP contribution in [0.2, 0.25) is 5.02 Å². The highest BCUT2D eigenvalue weighted by Crippen LogP contribution is 2.21. The first kappa shape index (κ1) is 16.4. The van der Waals surface area contributed by atoms with E-state index in [1.807, 2.05) is 51.1 Å². The van der Waals surface area contributed by atoms with Gasteiger partial charge in [0.15, 0.2) is 6.10 Å². The van der Waals surface area contributed by atoms with Crippen LogP contribution in [-0.4, -0.2) is 12.0 Å². The maximum Gasteiger partial charge on any atom is 0.265 e. The topological polar surface area (TPSA) is 38.3 Å². The summed E-state index contributed by atoms with van der Waals surface area (Å²) in [4.78, 5) is 12.4. The van der Waals surface area contributed by atoms with Crippen molar-refractivity contribution in [1.82, 2.24) is 0 Å². The Labute approximate surface area is 136 Å². The second-order valence-electron chi connectivity index (χ2n) is 5.28. The molecule has 1 unspecified atom stereocenters. The van der Waals surface area contributed by atoms with E-state index in [0.717, 1.165) is 16.8 Å². The zero-order valence-electron chi connectivity index (χ0n) is 13.0. The summed E-state index contributed by atoms with van der Waals surface area (Å²) >= 11 is 5.93. The first-order valence-corrected chi connectivity index (χ1v) is 7.67. The van der Waals surface area contributed by atoms with Crippen molar-refractivity contribution in [1.29, 1.82) is 0 Å². The second-order valence-corrected chi connectivity index (χ2v) is 5.72. The van der Waals surface area contributed by atoms with Gasteiger partial charge in [-0.3, -0.25) is 4.79 Å². The van der Waals surface area contributed by atoms with E-state index in [0.29, 0.717) is 17.2 Å². The predicted molar refractivity (Wildman–Crippen MR) is 90.7 cm³/mol. The van der Waals surface area contributed by atoms with Crippen LogP contribution in [0.3, 0.4) is 0 Å². The number of rotatable bonds is 5. The fourth-order valence-corrected chi connectivity index (χ4v) is 2.38. The van der Waals surface area contributed by atoms with E-state index in [9.17, 15) is 4.79 Å². The normalized spacial score (nSPS) is 11.8. The number of hydrogen-bond donors (Lipinski definition) is 1. The van der Waals surface area contributed by atoms with E-state index in [4.69, 9.17) is 16.3 Å². The molecule has 0 spiro atoms. The summed E-state index contributed by atoms with van der Waals surface area (Å²) in [6, 6.07) is 13.1. The number of hydrogen-bond acceptors (Lipinski definition) is 2. The molecule has 0 heterocycles. The van der Waals surface area contributed by atoms with Gasteiger partial charge in [-0.1, -0.05) is 30.7 Å². The van der Waals surface area contributed by atoms with Crippen molar-refractivity contribution in [2.45, 2.75) is 33.3 Å². The molecule has 0 fully saturated rings. The average Bonchev–Trinajstić information content (AvgIpc) is 2.47. The highest BCUT2D eigenvalue weighted by molar-refractivity contribution is 6.30. The minimum atomic E-state index is -0.531. The molecule has 0 bridgehead atoms. The molecule has 0 saturated carbocycles. The Morgan fingerprint density at radius 1 is 1.23 bits per heavy atom. The number of halogens is 1. The highest BCUT2D eigenvalue weighted by atomic mass is 35.5. The standard InChI is InChI=1S/C18H20ClNO2/c1-4-17(22-15-7-5-6-12(2)10-15)18(21)20-16-9-8-14(19)11-13(16)3/h5-11,17H,4H2,1-3H3,(H,20,21). The molecular formula is C18H20ClNO2. The molecule has 0 aromatic heterocycles. The molecule has 3 nitrogen and oxygen atoms in total. The molecule has 1 amide bonds. The second kappa shape index (κ2) is 7.32. The molecule has 2 aromatic carbocycles. The number of anilines is 1. The molecule has 0 aliphatic carbocycles. The molecule has 2 rings (SSSR count). The average molecular weight is 318 g/mol. The fraction of sp³-hybridized carbons (Fsp3) is 0.278. The fourth-order valence-electron chi connectivity index (χ4n) is 2.16. The van der Waals surface area contributed by atoms with Crippen molar-refractivity contribution >= 4 is 23.2 Å². The third-order valence-corrected chi connectivity index (χ3v) is 3.61. The van der Waals surface area contributed by atoms with Crippen LogP contribution in [0.25, 0.3) is 0 Å². The summed E-state index contributed by atoms with van der Waals surface area (Å²) in [5, 5.41) is 3.55. The van der Waals surface area contributed by atoms with Gasteiger partial charge in [0, 0.05) is 10.7 Å². The number of aryl methyl sites for hydroxylation is 2. The van der Waals surface area contributed by atoms with Gasteiger partial charge in [-0.15, -0.1) is 0 Å². The van der Waals surface area contributed by atoms with Crippen molar-refractivity contribution in [3.63, 3.8) is 0 Å². The van der Waals surface area contributed by atoms with E-state index in [1.54, 1.807) is 12.1 Å². The van der Waals surface area contributed by atoms with Crippen LogP contribution in [-0.2, 0) is 4.79 Å². The number of carbonyl (C=O) groups is 1. The van der Waals surface area contributed by atoms with Gasteiger partial charge in [-0.05, 0) is 61.7 Å². The van der Waals surface area contributed by atoms with Crippen molar-refractivity contribution in [2.24, 2.45) is 0 Å². The number of amides is 1. The predicted octanol–water partition coefficient (Wildman–Crippen LogP) is 4.75. The molecule has 0 radical (unpaired) electrons. The van der Waals surface area contributed by atoms with Crippen LogP contribution in [0.15, 0.2) is 42.5 Å². The van der Waals surface area contributed by atoms with Gasteiger partial charge in [0.1, 0.15) is 5.75 Å². The van der Waals surface area contributed by atoms with Crippen LogP contribution in [0, 0.1) is 13.8 Å². The van der Waals surface area contributed by atoms with E-state index >= 15 is 0 Å². The molecule has 1 N–H and O–H groups in total.